The Morgan fingerprint density at radius 2 is 2.05 bits per heavy atom. The molecule has 1 aromatic heterocycles. The van der Waals surface area contributed by atoms with Crippen molar-refractivity contribution in [3.05, 3.63) is 28.5 Å². The molecular formula is C17H24N2OS. The van der Waals surface area contributed by atoms with Gasteiger partial charge in [0.2, 0.25) is 5.91 Å². The average Bonchev–Trinajstić information content (AvgIpc) is 2.92. The Labute approximate surface area is 132 Å². The number of nitrogens with one attached hydrogen (secondary N) is 1. The van der Waals surface area contributed by atoms with E-state index in [1.807, 2.05) is 23.6 Å². The predicted octanol–water partition coefficient (Wildman–Crippen LogP) is 3.00. The van der Waals surface area contributed by atoms with Crippen LogP contribution in [0.5, 0.6) is 0 Å². The fourth-order valence-electron chi connectivity index (χ4n) is 1.91. The highest BCUT2D eigenvalue weighted by molar-refractivity contribution is 7.10. The summed E-state index contributed by atoms with van der Waals surface area (Å²) in [7, 11) is 0. The van der Waals surface area contributed by atoms with Crippen LogP contribution in [0.4, 0.5) is 0 Å². The van der Waals surface area contributed by atoms with Crippen LogP contribution in [-0.4, -0.2) is 36.0 Å². The lowest BCUT2D eigenvalue weighted by molar-refractivity contribution is -0.116. The second-order valence-corrected chi connectivity index (χ2v) is 6.26. The summed E-state index contributed by atoms with van der Waals surface area (Å²) in [5, 5.41) is 4.75. The first-order valence-corrected chi connectivity index (χ1v) is 8.09. The van der Waals surface area contributed by atoms with Crippen LogP contribution in [0.2, 0.25) is 0 Å². The summed E-state index contributed by atoms with van der Waals surface area (Å²) in [5.74, 6) is 6.00. The molecular weight excluding hydrogens is 280 g/mol. The largest absolute Gasteiger partial charge is 0.342 e. The fraction of sp³-hybridized carbons (Fsp3) is 0.471. The normalized spacial score (nSPS) is 11.2. The monoisotopic (exact) mass is 304 g/mol. The van der Waals surface area contributed by atoms with Crippen molar-refractivity contribution in [2.75, 3.05) is 13.1 Å². The molecule has 1 aromatic rings. The van der Waals surface area contributed by atoms with Crippen molar-refractivity contribution in [2.24, 2.45) is 0 Å². The maximum Gasteiger partial charge on any atom is 0.244 e. The quantitative estimate of drug-likeness (QED) is 0.647. The van der Waals surface area contributed by atoms with Crippen molar-refractivity contribution >= 4 is 23.3 Å². The van der Waals surface area contributed by atoms with Crippen molar-refractivity contribution in [1.82, 2.24) is 10.2 Å². The van der Waals surface area contributed by atoms with E-state index in [-0.39, 0.29) is 5.91 Å². The van der Waals surface area contributed by atoms with Gasteiger partial charge in [-0.1, -0.05) is 17.9 Å². The first-order chi connectivity index (χ1) is 10.0. The molecule has 0 bridgehead atoms. The first kappa shape index (κ1) is 17.5. The Hall–Kier alpha value is -1.57. The Morgan fingerprint density at radius 1 is 1.33 bits per heavy atom. The maximum atomic E-state index is 11.6. The molecule has 1 rings (SSSR count). The third-order valence-electron chi connectivity index (χ3n) is 3.01. The molecule has 0 spiro atoms. The van der Waals surface area contributed by atoms with Crippen LogP contribution in [0.25, 0.3) is 6.08 Å². The van der Waals surface area contributed by atoms with Crippen molar-refractivity contribution < 1.29 is 4.79 Å². The third kappa shape index (κ3) is 7.12. The first-order valence-electron chi connectivity index (χ1n) is 7.21. The van der Waals surface area contributed by atoms with E-state index in [1.54, 1.807) is 17.4 Å². The number of hydrogen-bond donors (Lipinski definition) is 1. The van der Waals surface area contributed by atoms with E-state index in [1.165, 1.54) is 0 Å². The molecule has 21 heavy (non-hydrogen) atoms. The molecule has 0 atom stereocenters. The Morgan fingerprint density at radius 3 is 2.62 bits per heavy atom. The molecule has 0 aliphatic heterocycles. The average molecular weight is 304 g/mol. The van der Waals surface area contributed by atoms with Gasteiger partial charge in [-0.2, -0.15) is 0 Å². The zero-order chi connectivity index (χ0) is 15.7. The van der Waals surface area contributed by atoms with Gasteiger partial charge in [0.15, 0.2) is 0 Å². The molecule has 0 aliphatic rings. The van der Waals surface area contributed by atoms with Crippen LogP contribution < -0.4 is 5.32 Å². The zero-order valence-corrected chi connectivity index (χ0v) is 14.0. The maximum absolute atomic E-state index is 11.6. The number of carbonyl (C=O) groups excluding carboxylic acids is 1. The predicted molar refractivity (Wildman–Crippen MR) is 91.1 cm³/mol. The van der Waals surface area contributed by atoms with Gasteiger partial charge in [-0.05, 0) is 45.2 Å². The Kier molecular flexibility index (Phi) is 7.81. The molecule has 1 N–H and O–H groups in total. The summed E-state index contributed by atoms with van der Waals surface area (Å²) < 4.78 is 0. The van der Waals surface area contributed by atoms with E-state index >= 15 is 0 Å². The standard InChI is InChI=1S/C17H24N2OS/c1-14(2)19(15(3)4)12-6-5-11-18-17(20)10-9-16-8-7-13-21-16/h7-10,13-15H,11-12H2,1-4H3,(H,18,20)/b10-9+. The van der Waals surface area contributed by atoms with Gasteiger partial charge in [0.05, 0.1) is 13.1 Å². The van der Waals surface area contributed by atoms with Gasteiger partial charge < -0.3 is 5.32 Å². The van der Waals surface area contributed by atoms with Crippen LogP contribution in [0.15, 0.2) is 23.6 Å². The number of thiophene rings is 1. The summed E-state index contributed by atoms with van der Waals surface area (Å²) in [4.78, 5) is 15.0. The number of nitrogens with zero attached hydrogens (tertiary/aromatic N) is 1. The molecule has 4 heteroatoms. The lowest BCUT2D eigenvalue weighted by Gasteiger charge is -2.28. The minimum Gasteiger partial charge on any atom is -0.342 e. The van der Waals surface area contributed by atoms with Gasteiger partial charge >= 0.3 is 0 Å². The lowest BCUT2D eigenvalue weighted by atomic mass is 10.2. The van der Waals surface area contributed by atoms with Crippen LogP contribution in [0, 0.1) is 11.8 Å². The molecule has 0 saturated carbocycles. The number of carbonyl (C=O) groups is 1. The van der Waals surface area contributed by atoms with E-state index in [2.05, 4.69) is 49.8 Å². The second kappa shape index (κ2) is 9.38. The summed E-state index contributed by atoms with van der Waals surface area (Å²) in [6.07, 6.45) is 3.36. The SMILES string of the molecule is CC(C)N(CC#CCNC(=O)/C=C/c1cccs1)C(C)C. The summed E-state index contributed by atoms with van der Waals surface area (Å²) >= 11 is 1.61. The molecule has 0 radical (unpaired) electrons. The smallest absolute Gasteiger partial charge is 0.244 e. The highest BCUT2D eigenvalue weighted by Crippen LogP contribution is 2.09. The molecule has 3 nitrogen and oxygen atoms in total. The van der Waals surface area contributed by atoms with E-state index in [0.29, 0.717) is 18.6 Å². The minimum atomic E-state index is -0.109. The lowest BCUT2D eigenvalue weighted by Crippen LogP contribution is -2.37. The molecule has 0 aromatic carbocycles. The van der Waals surface area contributed by atoms with E-state index in [4.69, 9.17) is 0 Å². The van der Waals surface area contributed by atoms with Gasteiger partial charge in [0, 0.05) is 23.0 Å². The van der Waals surface area contributed by atoms with Gasteiger partial charge in [0.25, 0.3) is 0 Å². The molecule has 114 valence electrons. The van der Waals surface area contributed by atoms with Gasteiger partial charge in [-0.3, -0.25) is 9.69 Å². The van der Waals surface area contributed by atoms with Gasteiger partial charge in [0.1, 0.15) is 0 Å². The fourth-order valence-corrected chi connectivity index (χ4v) is 2.52. The van der Waals surface area contributed by atoms with Crippen molar-refractivity contribution in [3.8, 4) is 11.8 Å². The molecule has 1 amide bonds. The number of rotatable bonds is 6. The van der Waals surface area contributed by atoms with E-state index < -0.39 is 0 Å². The van der Waals surface area contributed by atoms with Crippen LogP contribution in [-0.2, 0) is 4.79 Å². The van der Waals surface area contributed by atoms with Crippen molar-refractivity contribution in [2.45, 2.75) is 39.8 Å². The van der Waals surface area contributed by atoms with Crippen molar-refractivity contribution in [1.29, 1.82) is 0 Å². The minimum absolute atomic E-state index is 0.109. The summed E-state index contributed by atoms with van der Waals surface area (Å²) in [5.41, 5.74) is 0. The van der Waals surface area contributed by atoms with Gasteiger partial charge in [-0.15, -0.1) is 11.3 Å². The second-order valence-electron chi connectivity index (χ2n) is 5.28. The highest BCUT2D eigenvalue weighted by Gasteiger charge is 2.10. The molecule has 1 heterocycles. The van der Waals surface area contributed by atoms with E-state index in [0.717, 1.165) is 11.4 Å². The number of hydrogen-bond acceptors (Lipinski definition) is 3. The molecule has 0 saturated heterocycles. The highest BCUT2D eigenvalue weighted by atomic mass is 32.1. The van der Waals surface area contributed by atoms with Crippen molar-refractivity contribution in [3.63, 3.8) is 0 Å². The Balaban J connectivity index is 2.30. The van der Waals surface area contributed by atoms with Gasteiger partial charge in [-0.25, -0.2) is 0 Å². The summed E-state index contributed by atoms with van der Waals surface area (Å²) in [6.45, 7) is 9.78. The topological polar surface area (TPSA) is 32.3 Å². The number of amides is 1. The third-order valence-corrected chi connectivity index (χ3v) is 3.84. The van der Waals surface area contributed by atoms with Crippen LogP contribution >= 0.6 is 11.3 Å². The molecule has 0 unspecified atom stereocenters. The summed E-state index contributed by atoms with van der Waals surface area (Å²) in [6, 6.07) is 4.88. The van der Waals surface area contributed by atoms with Crippen LogP contribution in [0.3, 0.4) is 0 Å². The Bertz CT molecular complexity index is 499. The molecule has 0 aliphatic carbocycles. The molecule has 0 fully saturated rings. The van der Waals surface area contributed by atoms with E-state index in [9.17, 15) is 4.79 Å². The zero-order valence-electron chi connectivity index (χ0n) is 13.2. The van der Waals surface area contributed by atoms with Crippen LogP contribution in [0.1, 0.15) is 32.6 Å².